The highest BCUT2D eigenvalue weighted by Crippen LogP contribution is 2.09. The molecule has 0 aromatic heterocycles. The summed E-state index contributed by atoms with van der Waals surface area (Å²) in [6.45, 7) is 5.63. The average molecular weight is 182 g/mol. The van der Waals surface area contributed by atoms with Crippen LogP contribution in [0.4, 0.5) is 0 Å². The van der Waals surface area contributed by atoms with Crippen molar-refractivity contribution >= 4 is 11.6 Å². The van der Waals surface area contributed by atoms with Crippen LogP contribution >= 0.6 is 0 Å². The maximum Gasteiger partial charge on any atom is 0.158 e. The first-order valence-corrected chi connectivity index (χ1v) is 4.92. The van der Waals surface area contributed by atoms with Crippen molar-refractivity contribution in [3.63, 3.8) is 0 Å². The molecular weight excluding hydrogens is 164 g/mol. The molecule has 0 N–H and O–H groups in total. The molecule has 0 aliphatic heterocycles. The molecule has 0 saturated carbocycles. The minimum atomic E-state index is 0.0465. The molecule has 0 aromatic rings. The molecule has 0 aliphatic carbocycles. The Morgan fingerprint density at radius 2 is 1.69 bits per heavy atom. The van der Waals surface area contributed by atoms with E-state index in [4.69, 9.17) is 0 Å². The number of rotatable bonds is 6. The van der Waals surface area contributed by atoms with Crippen molar-refractivity contribution in [2.75, 3.05) is 0 Å². The fraction of sp³-hybridized carbons (Fsp3) is 0.636. The van der Waals surface area contributed by atoms with Gasteiger partial charge in [0.1, 0.15) is 0 Å². The van der Waals surface area contributed by atoms with E-state index in [0.717, 1.165) is 12.8 Å². The van der Waals surface area contributed by atoms with Crippen molar-refractivity contribution < 1.29 is 9.59 Å². The van der Waals surface area contributed by atoms with Crippen LogP contribution in [0.2, 0.25) is 0 Å². The van der Waals surface area contributed by atoms with Gasteiger partial charge in [-0.25, -0.2) is 0 Å². The lowest BCUT2D eigenvalue weighted by atomic mass is 10.0. The first-order chi connectivity index (χ1) is 6.15. The van der Waals surface area contributed by atoms with Gasteiger partial charge in [-0.2, -0.15) is 0 Å². The fourth-order valence-electron chi connectivity index (χ4n) is 1.08. The molecule has 0 spiro atoms. The molecule has 0 atom stereocenters. The van der Waals surface area contributed by atoms with Crippen LogP contribution in [0, 0.1) is 0 Å². The van der Waals surface area contributed by atoms with Gasteiger partial charge in [0.2, 0.25) is 0 Å². The SMILES string of the molecule is CCCC(=CC(=O)CC)C(=O)CC. The van der Waals surface area contributed by atoms with Gasteiger partial charge < -0.3 is 0 Å². The average Bonchev–Trinajstić information content (AvgIpc) is 2.15. The summed E-state index contributed by atoms with van der Waals surface area (Å²) in [4.78, 5) is 22.4. The summed E-state index contributed by atoms with van der Waals surface area (Å²) in [7, 11) is 0. The van der Waals surface area contributed by atoms with Crippen molar-refractivity contribution in [1.29, 1.82) is 0 Å². The van der Waals surface area contributed by atoms with E-state index in [1.54, 1.807) is 6.92 Å². The molecule has 0 heterocycles. The van der Waals surface area contributed by atoms with E-state index in [-0.39, 0.29) is 11.6 Å². The smallest absolute Gasteiger partial charge is 0.158 e. The van der Waals surface area contributed by atoms with E-state index >= 15 is 0 Å². The molecule has 0 amide bonds. The molecule has 13 heavy (non-hydrogen) atoms. The fourth-order valence-corrected chi connectivity index (χ4v) is 1.08. The Morgan fingerprint density at radius 1 is 1.08 bits per heavy atom. The number of carbonyl (C=O) groups is 2. The normalized spacial score (nSPS) is 11.5. The van der Waals surface area contributed by atoms with Crippen molar-refractivity contribution in [2.45, 2.75) is 46.5 Å². The summed E-state index contributed by atoms with van der Waals surface area (Å²) in [5.74, 6) is 0.147. The highest BCUT2D eigenvalue weighted by Gasteiger charge is 2.07. The Labute approximate surface area is 80.0 Å². The Bertz CT molecular complexity index is 214. The maximum atomic E-state index is 11.3. The van der Waals surface area contributed by atoms with Gasteiger partial charge >= 0.3 is 0 Å². The lowest BCUT2D eigenvalue weighted by Gasteiger charge is -2.01. The second-order valence-corrected chi connectivity index (χ2v) is 3.02. The van der Waals surface area contributed by atoms with E-state index in [1.165, 1.54) is 6.08 Å². The van der Waals surface area contributed by atoms with Gasteiger partial charge in [0, 0.05) is 12.8 Å². The standard InChI is InChI=1S/C11H18O2/c1-4-7-9(11(13)6-3)8-10(12)5-2/h8H,4-7H2,1-3H3. The monoisotopic (exact) mass is 182 g/mol. The zero-order chi connectivity index (χ0) is 10.3. The molecular formula is C11H18O2. The molecule has 0 rings (SSSR count). The van der Waals surface area contributed by atoms with Crippen LogP contribution in [-0.4, -0.2) is 11.6 Å². The van der Waals surface area contributed by atoms with E-state index in [0.29, 0.717) is 18.4 Å². The molecule has 0 bridgehead atoms. The summed E-state index contributed by atoms with van der Waals surface area (Å²) in [6, 6.07) is 0. The predicted octanol–water partition coefficient (Wildman–Crippen LogP) is 2.67. The minimum absolute atomic E-state index is 0.0465. The summed E-state index contributed by atoms with van der Waals surface area (Å²) in [5, 5.41) is 0. The van der Waals surface area contributed by atoms with Crippen LogP contribution in [0.5, 0.6) is 0 Å². The Morgan fingerprint density at radius 3 is 2.08 bits per heavy atom. The highest BCUT2D eigenvalue weighted by atomic mass is 16.1. The van der Waals surface area contributed by atoms with E-state index < -0.39 is 0 Å². The number of allylic oxidation sites excluding steroid dienone is 2. The van der Waals surface area contributed by atoms with Crippen LogP contribution in [0.25, 0.3) is 0 Å². The number of hydrogen-bond acceptors (Lipinski definition) is 2. The molecule has 0 saturated heterocycles. The largest absolute Gasteiger partial charge is 0.295 e. The van der Waals surface area contributed by atoms with Crippen LogP contribution in [0.3, 0.4) is 0 Å². The molecule has 2 heteroatoms. The predicted molar refractivity (Wildman–Crippen MR) is 53.6 cm³/mol. The maximum absolute atomic E-state index is 11.3. The Balaban J connectivity index is 4.48. The van der Waals surface area contributed by atoms with Gasteiger partial charge in [-0.05, 0) is 18.1 Å². The minimum Gasteiger partial charge on any atom is -0.295 e. The third-order valence-electron chi connectivity index (χ3n) is 1.88. The van der Waals surface area contributed by atoms with Crippen molar-refractivity contribution in [2.24, 2.45) is 0 Å². The zero-order valence-corrected chi connectivity index (χ0v) is 8.72. The molecule has 0 unspecified atom stereocenters. The highest BCUT2D eigenvalue weighted by molar-refractivity contribution is 6.02. The summed E-state index contributed by atoms with van der Waals surface area (Å²) >= 11 is 0. The number of hydrogen-bond donors (Lipinski definition) is 0. The summed E-state index contributed by atoms with van der Waals surface area (Å²) in [6.07, 6.45) is 4.11. The van der Waals surface area contributed by atoms with Gasteiger partial charge in [-0.15, -0.1) is 0 Å². The summed E-state index contributed by atoms with van der Waals surface area (Å²) < 4.78 is 0. The quantitative estimate of drug-likeness (QED) is 0.592. The first-order valence-electron chi connectivity index (χ1n) is 4.92. The van der Waals surface area contributed by atoms with Crippen LogP contribution in [0.1, 0.15) is 46.5 Å². The van der Waals surface area contributed by atoms with Crippen LogP contribution in [0.15, 0.2) is 11.6 Å². The second-order valence-electron chi connectivity index (χ2n) is 3.02. The van der Waals surface area contributed by atoms with Crippen LogP contribution < -0.4 is 0 Å². The zero-order valence-electron chi connectivity index (χ0n) is 8.72. The van der Waals surface area contributed by atoms with Gasteiger partial charge in [-0.1, -0.05) is 27.2 Å². The Hall–Kier alpha value is -0.920. The van der Waals surface area contributed by atoms with E-state index in [2.05, 4.69) is 0 Å². The second kappa shape index (κ2) is 6.58. The molecule has 2 nitrogen and oxygen atoms in total. The molecule has 0 fully saturated rings. The lowest BCUT2D eigenvalue weighted by Crippen LogP contribution is -2.03. The number of ketones is 2. The van der Waals surface area contributed by atoms with Crippen molar-refractivity contribution in [1.82, 2.24) is 0 Å². The van der Waals surface area contributed by atoms with Gasteiger partial charge in [-0.3, -0.25) is 9.59 Å². The molecule has 0 radical (unpaired) electrons. The van der Waals surface area contributed by atoms with Crippen molar-refractivity contribution in [3.05, 3.63) is 11.6 Å². The van der Waals surface area contributed by atoms with E-state index in [9.17, 15) is 9.59 Å². The molecule has 0 aliphatic rings. The summed E-state index contributed by atoms with van der Waals surface area (Å²) in [5.41, 5.74) is 0.692. The van der Waals surface area contributed by atoms with Gasteiger partial charge in [0.15, 0.2) is 11.6 Å². The van der Waals surface area contributed by atoms with Gasteiger partial charge in [0.05, 0.1) is 0 Å². The number of carbonyl (C=O) groups excluding carboxylic acids is 2. The van der Waals surface area contributed by atoms with Gasteiger partial charge in [0.25, 0.3) is 0 Å². The topological polar surface area (TPSA) is 34.1 Å². The van der Waals surface area contributed by atoms with Crippen molar-refractivity contribution in [3.8, 4) is 0 Å². The van der Waals surface area contributed by atoms with Crippen LogP contribution in [-0.2, 0) is 9.59 Å². The molecule has 0 aromatic carbocycles. The first kappa shape index (κ1) is 12.1. The third-order valence-corrected chi connectivity index (χ3v) is 1.88. The number of Topliss-reactive ketones (excluding diaryl/α,β-unsaturated/α-hetero) is 1. The van der Waals surface area contributed by atoms with E-state index in [1.807, 2.05) is 13.8 Å². The molecule has 74 valence electrons. The Kier molecular flexibility index (Phi) is 6.11. The lowest BCUT2D eigenvalue weighted by molar-refractivity contribution is -0.117. The third kappa shape index (κ3) is 4.61.